The van der Waals surface area contributed by atoms with Crippen molar-refractivity contribution in [2.45, 2.75) is 5.16 Å². The average Bonchev–Trinajstić information content (AvgIpc) is 2.95. The number of benzene rings is 2. The van der Waals surface area contributed by atoms with Crippen LogP contribution in [-0.4, -0.2) is 21.5 Å². The highest BCUT2D eigenvalue weighted by Gasteiger charge is 2.11. The van der Waals surface area contributed by atoms with E-state index < -0.39 is 0 Å². The summed E-state index contributed by atoms with van der Waals surface area (Å²) in [5.41, 5.74) is 3.09. The van der Waals surface area contributed by atoms with E-state index in [1.54, 1.807) is 11.8 Å². The van der Waals surface area contributed by atoms with E-state index in [1.165, 1.54) is 0 Å². The normalized spacial score (nSPS) is 10.2. The lowest BCUT2D eigenvalue weighted by atomic mass is 10.0. The van der Waals surface area contributed by atoms with Gasteiger partial charge in [0, 0.05) is 16.9 Å². The molecule has 0 radical (unpaired) electrons. The fourth-order valence-corrected chi connectivity index (χ4v) is 2.71. The molecular formula is C17H15ClN2OS. The Morgan fingerprint density at radius 2 is 1.95 bits per heavy atom. The van der Waals surface area contributed by atoms with Crippen LogP contribution >= 0.6 is 24.2 Å². The van der Waals surface area contributed by atoms with Crippen LogP contribution in [0.2, 0.25) is 0 Å². The molecule has 1 aromatic heterocycles. The Labute approximate surface area is 139 Å². The fraction of sp³-hybridized carbons (Fsp3) is 0.0588. The van der Waals surface area contributed by atoms with Crippen molar-refractivity contribution in [3.63, 3.8) is 0 Å². The number of aromatic amines is 1. The third kappa shape index (κ3) is 3.40. The Balaban J connectivity index is 0.00000176. The van der Waals surface area contributed by atoms with Gasteiger partial charge in [-0.3, -0.25) is 4.79 Å². The first-order chi connectivity index (χ1) is 10.3. The highest BCUT2D eigenvalue weighted by atomic mass is 35.5. The predicted molar refractivity (Wildman–Crippen MR) is 94.1 cm³/mol. The van der Waals surface area contributed by atoms with Crippen LogP contribution in [0.5, 0.6) is 0 Å². The van der Waals surface area contributed by atoms with Gasteiger partial charge in [0.05, 0.1) is 11.0 Å². The highest BCUT2D eigenvalue weighted by Crippen LogP contribution is 2.21. The topological polar surface area (TPSA) is 45.8 Å². The second kappa shape index (κ2) is 7.29. The van der Waals surface area contributed by atoms with Gasteiger partial charge >= 0.3 is 0 Å². The zero-order chi connectivity index (χ0) is 14.7. The number of hydrogen-bond donors (Lipinski definition) is 1. The molecule has 22 heavy (non-hydrogen) atoms. The number of nitrogens with one attached hydrogen (secondary N) is 1. The van der Waals surface area contributed by atoms with Crippen LogP contribution in [0.3, 0.4) is 0 Å². The van der Waals surface area contributed by atoms with Crippen molar-refractivity contribution in [2.75, 3.05) is 5.75 Å². The first-order valence-corrected chi connectivity index (χ1v) is 7.59. The molecule has 3 rings (SSSR count). The van der Waals surface area contributed by atoms with Crippen LogP contribution < -0.4 is 0 Å². The number of halogens is 1. The molecule has 0 bridgehead atoms. The summed E-state index contributed by atoms with van der Waals surface area (Å²) >= 11 is 1.59. The summed E-state index contributed by atoms with van der Waals surface area (Å²) in [5, 5.41) is 0.842. The molecule has 1 heterocycles. The van der Waals surface area contributed by atoms with Crippen LogP contribution in [0.4, 0.5) is 0 Å². The maximum Gasteiger partial charge on any atom is 0.193 e. The molecule has 0 spiro atoms. The smallest absolute Gasteiger partial charge is 0.193 e. The zero-order valence-corrected chi connectivity index (χ0v) is 13.4. The minimum Gasteiger partial charge on any atom is -0.333 e. The minimum absolute atomic E-state index is 0. The van der Waals surface area contributed by atoms with E-state index in [0.29, 0.717) is 11.1 Å². The van der Waals surface area contributed by atoms with E-state index in [4.69, 9.17) is 0 Å². The van der Waals surface area contributed by atoms with Crippen LogP contribution in [0.25, 0.3) is 11.0 Å². The van der Waals surface area contributed by atoms with Crippen LogP contribution in [0.1, 0.15) is 15.9 Å². The Kier molecular flexibility index (Phi) is 5.41. The van der Waals surface area contributed by atoms with Gasteiger partial charge in [-0.1, -0.05) is 48.2 Å². The molecule has 0 saturated heterocycles. The van der Waals surface area contributed by atoms with Crippen molar-refractivity contribution in [2.24, 2.45) is 0 Å². The number of H-pyrrole nitrogens is 1. The second-order valence-corrected chi connectivity index (χ2v) is 5.58. The number of fused-ring (bicyclic) bond motifs is 1. The molecule has 0 saturated carbocycles. The lowest BCUT2D eigenvalue weighted by Gasteiger charge is -2.00. The van der Waals surface area contributed by atoms with Gasteiger partial charge < -0.3 is 4.98 Å². The lowest BCUT2D eigenvalue weighted by Crippen LogP contribution is -2.00. The molecule has 112 valence electrons. The molecule has 0 fully saturated rings. The average molecular weight is 331 g/mol. The number of rotatable bonds is 5. The quantitative estimate of drug-likeness (QED) is 0.426. The Morgan fingerprint density at radius 1 is 1.18 bits per heavy atom. The second-order valence-electron chi connectivity index (χ2n) is 4.57. The van der Waals surface area contributed by atoms with Crippen molar-refractivity contribution >= 4 is 41.0 Å². The summed E-state index contributed by atoms with van der Waals surface area (Å²) < 4.78 is 0. The van der Waals surface area contributed by atoms with Crippen LogP contribution in [0.15, 0.2) is 66.3 Å². The van der Waals surface area contributed by atoms with Crippen molar-refractivity contribution in [3.05, 3.63) is 72.3 Å². The zero-order valence-electron chi connectivity index (χ0n) is 11.8. The van der Waals surface area contributed by atoms with Crippen molar-refractivity contribution in [1.29, 1.82) is 0 Å². The Bertz CT molecular complexity index is 799. The lowest BCUT2D eigenvalue weighted by molar-refractivity contribution is 0.103. The van der Waals surface area contributed by atoms with Crippen molar-refractivity contribution in [3.8, 4) is 0 Å². The summed E-state index contributed by atoms with van der Waals surface area (Å²) in [7, 11) is 0. The van der Waals surface area contributed by atoms with Gasteiger partial charge in [-0.05, 0) is 18.2 Å². The maximum atomic E-state index is 12.4. The number of thioether (sulfide) groups is 1. The number of aromatic nitrogens is 2. The van der Waals surface area contributed by atoms with Gasteiger partial charge in [0.1, 0.15) is 0 Å². The Morgan fingerprint density at radius 3 is 2.68 bits per heavy atom. The van der Waals surface area contributed by atoms with Gasteiger partial charge in [-0.15, -0.1) is 19.0 Å². The molecule has 5 heteroatoms. The third-order valence-electron chi connectivity index (χ3n) is 3.10. The molecule has 0 aliphatic heterocycles. The van der Waals surface area contributed by atoms with E-state index in [1.807, 2.05) is 54.6 Å². The van der Waals surface area contributed by atoms with E-state index in [9.17, 15) is 4.79 Å². The standard InChI is InChI=1S/C17H14N2OS.ClH/c1-2-10-21-17-18-14-9-8-13(11-15(14)19-17)16(20)12-6-4-3-5-7-12;/h2-9,11H,1,10H2,(H,18,19);1H. The van der Waals surface area contributed by atoms with E-state index >= 15 is 0 Å². The monoisotopic (exact) mass is 330 g/mol. The molecule has 0 amide bonds. The summed E-state index contributed by atoms with van der Waals surface area (Å²) in [6.45, 7) is 3.69. The molecule has 3 nitrogen and oxygen atoms in total. The number of carbonyl (C=O) groups excluding carboxylic acids is 1. The van der Waals surface area contributed by atoms with Gasteiger partial charge in [0.2, 0.25) is 0 Å². The first kappa shape index (κ1) is 16.3. The summed E-state index contributed by atoms with van der Waals surface area (Å²) in [5.74, 6) is 0.816. The van der Waals surface area contributed by atoms with Gasteiger partial charge in [0.25, 0.3) is 0 Å². The maximum absolute atomic E-state index is 12.4. The number of nitrogens with zero attached hydrogens (tertiary/aromatic N) is 1. The fourth-order valence-electron chi connectivity index (χ4n) is 2.09. The van der Waals surface area contributed by atoms with Crippen LogP contribution in [-0.2, 0) is 0 Å². The molecule has 3 aromatic rings. The largest absolute Gasteiger partial charge is 0.333 e. The number of imidazole rings is 1. The van der Waals surface area contributed by atoms with Crippen LogP contribution in [0, 0.1) is 0 Å². The minimum atomic E-state index is 0. The number of ketones is 1. The molecule has 0 unspecified atom stereocenters. The number of hydrogen-bond acceptors (Lipinski definition) is 3. The summed E-state index contributed by atoms with van der Waals surface area (Å²) in [6.07, 6.45) is 1.84. The van der Waals surface area contributed by atoms with Crippen molar-refractivity contribution in [1.82, 2.24) is 9.97 Å². The van der Waals surface area contributed by atoms with Gasteiger partial charge in [-0.2, -0.15) is 0 Å². The van der Waals surface area contributed by atoms with Crippen molar-refractivity contribution < 1.29 is 4.79 Å². The molecular weight excluding hydrogens is 316 g/mol. The first-order valence-electron chi connectivity index (χ1n) is 6.61. The predicted octanol–water partition coefficient (Wildman–Crippen LogP) is 4.49. The molecule has 0 aliphatic carbocycles. The summed E-state index contributed by atoms with van der Waals surface area (Å²) in [6, 6.07) is 14.8. The van der Waals surface area contributed by atoms with E-state index in [-0.39, 0.29) is 18.2 Å². The molecule has 2 aromatic carbocycles. The van der Waals surface area contributed by atoms with E-state index in [0.717, 1.165) is 21.9 Å². The Hall–Kier alpha value is -2.04. The van der Waals surface area contributed by atoms with Gasteiger partial charge in [0.15, 0.2) is 10.9 Å². The SMILES string of the molecule is C=CCSc1nc2cc(C(=O)c3ccccc3)ccc2[nH]1.Cl. The third-order valence-corrected chi connectivity index (χ3v) is 3.97. The summed E-state index contributed by atoms with van der Waals surface area (Å²) in [4.78, 5) is 20.1. The van der Waals surface area contributed by atoms with E-state index in [2.05, 4.69) is 16.5 Å². The highest BCUT2D eigenvalue weighted by molar-refractivity contribution is 7.99. The molecule has 0 atom stereocenters. The number of carbonyl (C=O) groups is 1. The molecule has 0 aliphatic rings. The molecule has 1 N–H and O–H groups in total. The van der Waals surface area contributed by atoms with Gasteiger partial charge in [-0.25, -0.2) is 4.98 Å².